The Hall–Kier alpha value is -3.41. The van der Waals surface area contributed by atoms with E-state index in [1.54, 1.807) is 12.3 Å². The highest BCUT2D eigenvalue weighted by Crippen LogP contribution is 2.41. The van der Waals surface area contributed by atoms with Crippen molar-refractivity contribution in [3.63, 3.8) is 0 Å². The van der Waals surface area contributed by atoms with E-state index in [9.17, 15) is 14.7 Å². The number of carboxylic acid groups (broad SMARTS) is 1. The van der Waals surface area contributed by atoms with E-state index >= 15 is 0 Å². The third-order valence-electron chi connectivity index (χ3n) is 5.18. The minimum absolute atomic E-state index is 0.0498. The second-order valence-corrected chi connectivity index (χ2v) is 8.44. The summed E-state index contributed by atoms with van der Waals surface area (Å²) in [6.07, 6.45) is 2.39. The Morgan fingerprint density at radius 3 is 2.90 bits per heavy atom. The number of fused-ring (bicyclic) bond motifs is 1. The zero-order valence-electron chi connectivity index (χ0n) is 17.0. The summed E-state index contributed by atoms with van der Waals surface area (Å²) in [7, 11) is 0. The molecule has 3 heterocycles. The van der Waals surface area contributed by atoms with E-state index in [0.717, 1.165) is 16.3 Å². The summed E-state index contributed by atoms with van der Waals surface area (Å²) < 4.78 is 0. The molecule has 1 amide bonds. The van der Waals surface area contributed by atoms with E-state index in [1.165, 1.54) is 11.3 Å². The number of nitrogens with one attached hydrogen (secondary N) is 2. The molecule has 0 spiro atoms. The molecule has 1 aliphatic rings. The second kappa shape index (κ2) is 9.60. The van der Waals surface area contributed by atoms with Crippen molar-refractivity contribution in [2.75, 3.05) is 24.1 Å². The largest absolute Gasteiger partial charge is 0.480 e. The number of hydrogen-bond donors (Lipinski definition) is 6. The quantitative estimate of drug-likeness (QED) is 0.182. The van der Waals surface area contributed by atoms with Crippen LogP contribution in [0.4, 0.5) is 11.8 Å². The molecule has 0 aromatic carbocycles. The number of carbonyl (C=O) groups is 2. The summed E-state index contributed by atoms with van der Waals surface area (Å²) in [6.45, 7) is 3.08. The van der Waals surface area contributed by atoms with Crippen molar-refractivity contribution in [3.05, 3.63) is 33.6 Å². The maximum Gasteiger partial charge on any atom is 0.326 e. The number of nitrogens with zero attached hydrogens (tertiary/aromatic N) is 3. The summed E-state index contributed by atoms with van der Waals surface area (Å²) in [4.78, 5) is 37.7. The molecule has 2 aromatic rings. The standard InChI is InChI=1S/C19H26N8O3S/c1-9(10-7-24-15-11(10)8-25-19(22)27-15)13-4-5-14(31-13)16(28)26-12(17(29)30)3-2-6-23-18(20)21/h4-5,8-10,12H,2-3,6-7H2,1H3,(H,26,28)(H,29,30)(H4,20,21,23)(H3,22,24,25,27)/t9?,10?,12-/m0/s1. The number of nitrogens with two attached hydrogens (primary N) is 3. The lowest BCUT2D eigenvalue weighted by molar-refractivity contribution is -0.139. The summed E-state index contributed by atoms with van der Waals surface area (Å²) in [5.41, 5.74) is 17.2. The molecule has 3 atom stereocenters. The van der Waals surface area contributed by atoms with E-state index in [4.69, 9.17) is 17.2 Å². The van der Waals surface area contributed by atoms with Crippen LogP contribution in [0, 0.1) is 0 Å². The zero-order chi connectivity index (χ0) is 22.5. The highest BCUT2D eigenvalue weighted by molar-refractivity contribution is 7.14. The molecule has 2 unspecified atom stereocenters. The molecular weight excluding hydrogens is 420 g/mol. The van der Waals surface area contributed by atoms with E-state index in [-0.39, 0.29) is 30.2 Å². The first-order valence-electron chi connectivity index (χ1n) is 9.81. The number of carboxylic acids is 1. The number of nitrogen functional groups attached to an aromatic ring is 1. The number of anilines is 2. The van der Waals surface area contributed by atoms with E-state index in [0.29, 0.717) is 24.4 Å². The summed E-state index contributed by atoms with van der Waals surface area (Å²) >= 11 is 1.35. The minimum Gasteiger partial charge on any atom is -0.480 e. The molecule has 31 heavy (non-hydrogen) atoms. The average molecular weight is 447 g/mol. The molecule has 1 aliphatic heterocycles. The fourth-order valence-corrected chi connectivity index (χ4v) is 4.52. The van der Waals surface area contributed by atoms with Gasteiger partial charge < -0.3 is 32.9 Å². The molecule has 9 N–H and O–H groups in total. The van der Waals surface area contributed by atoms with Crippen LogP contribution in [0.15, 0.2) is 23.3 Å². The van der Waals surface area contributed by atoms with Crippen LogP contribution in [-0.4, -0.2) is 52.0 Å². The fourth-order valence-electron chi connectivity index (χ4n) is 3.49. The lowest BCUT2D eigenvalue weighted by Gasteiger charge is -2.17. The number of aliphatic carboxylic acids is 1. The van der Waals surface area contributed by atoms with Crippen molar-refractivity contribution in [3.8, 4) is 0 Å². The first-order chi connectivity index (χ1) is 14.8. The van der Waals surface area contributed by atoms with Gasteiger partial charge in [0.05, 0.1) is 4.88 Å². The van der Waals surface area contributed by atoms with Gasteiger partial charge in [-0.2, -0.15) is 4.98 Å². The second-order valence-electron chi connectivity index (χ2n) is 7.32. The predicted octanol–water partition coefficient (Wildman–Crippen LogP) is 0.670. The summed E-state index contributed by atoms with van der Waals surface area (Å²) in [5, 5.41) is 15.2. The first-order valence-corrected chi connectivity index (χ1v) is 10.6. The van der Waals surface area contributed by atoms with Gasteiger partial charge in [-0.25, -0.2) is 9.78 Å². The lowest BCUT2D eigenvalue weighted by atomic mass is 9.89. The number of thiophene rings is 1. The van der Waals surface area contributed by atoms with Crippen molar-refractivity contribution in [1.29, 1.82) is 0 Å². The number of guanidine groups is 1. The number of hydrogen-bond acceptors (Lipinski definition) is 8. The van der Waals surface area contributed by atoms with E-state index in [1.807, 2.05) is 6.07 Å². The van der Waals surface area contributed by atoms with Gasteiger partial charge in [-0.1, -0.05) is 6.92 Å². The van der Waals surface area contributed by atoms with Crippen LogP contribution in [0.2, 0.25) is 0 Å². The molecule has 3 rings (SSSR count). The zero-order valence-corrected chi connectivity index (χ0v) is 17.9. The van der Waals surface area contributed by atoms with Gasteiger partial charge in [0.15, 0.2) is 5.96 Å². The minimum atomic E-state index is -1.10. The topological polar surface area (TPSA) is 195 Å². The van der Waals surface area contributed by atoms with E-state index < -0.39 is 17.9 Å². The van der Waals surface area contributed by atoms with Crippen molar-refractivity contribution in [1.82, 2.24) is 15.3 Å². The third kappa shape index (κ3) is 5.40. The lowest BCUT2D eigenvalue weighted by Crippen LogP contribution is -2.40. The Kier molecular flexibility index (Phi) is 6.90. The Bertz CT molecular complexity index is 988. The van der Waals surface area contributed by atoms with Gasteiger partial charge in [0.25, 0.3) is 5.91 Å². The smallest absolute Gasteiger partial charge is 0.326 e. The van der Waals surface area contributed by atoms with Gasteiger partial charge in [0.1, 0.15) is 11.9 Å². The monoisotopic (exact) mass is 446 g/mol. The number of carbonyl (C=O) groups excluding carboxylic acids is 1. The molecule has 166 valence electrons. The normalized spacial score (nSPS) is 16.6. The van der Waals surface area contributed by atoms with Crippen molar-refractivity contribution >= 4 is 40.9 Å². The average Bonchev–Trinajstić information content (AvgIpc) is 3.36. The van der Waals surface area contributed by atoms with Crippen LogP contribution < -0.4 is 27.8 Å². The third-order valence-corrected chi connectivity index (χ3v) is 6.46. The molecule has 0 saturated carbocycles. The van der Waals surface area contributed by atoms with Crippen LogP contribution in [0.25, 0.3) is 0 Å². The Morgan fingerprint density at radius 2 is 2.19 bits per heavy atom. The fraction of sp³-hybridized carbons (Fsp3) is 0.421. The van der Waals surface area contributed by atoms with E-state index in [2.05, 4.69) is 32.5 Å². The molecule has 0 aliphatic carbocycles. The number of aromatic nitrogens is 2. The molecular formula is C19H26N8O3S. The van der Waals surface area contributed by atoms with Crippen LogP contribution in [0.3, 0.4) is 0 Å². The molecule has 0 saturated heterocycles. The molecule has 0 radical (unpaired) electrons. The van der Waals surface area contributed by atoms with Crippen molar-refractivity contribution in [2.45, 2.75) is 37.6 Å². The molecule has 2 aromatic heterocycles. The molecule has 11 nitrogen and oxygen atoms in total. The van der Waals surface area contributed by atoms with Crippen molar-refractivity contribution in [2.24, 2.45) is 16.5 Å². The summed E-state index contributed by atoms with van der Waals surface area (Å²) in [6, 6.07) is 2.60. The van der Waals surface area contributed by atoms with Crippen LogP contribution >= 0.6 is 11.3 Å². The highest BCUT2D eigenvalue weighted by Gasteiger charge is 2.31. The van der Waals surface area contributed by atoms with Gasteiger partial charge in [-0.15, -0.1) is 11.3 Å². The number of amides is 1. The van der Waals surface area contributed by atoms with Gasteiger partial charge in [-0.05, 0) is 30.9 Å². The van der Waals surface area contributed by atoms with Crippen LogP contribution in [-0.2, 0) is 4.79 Å². The molecule has 12 heteroatoms. The highest BCUT2D eigenvalue weighted by atomic mass is 32.1. The summed E-state index contributed by atoms with van der Waals surface area (Å²) in [5.74, 6) is -0.347. The first kappa shape index (κ1) is 22.3. The molecule has 0 fully saturated rings. The Balaban J connectivity index is 1.64. The maximum absolute atomic E-state index is 12.6. The number of rotatable bonds is 9. The van der Waals surface area contributed by atoms with Gasteiger partial charge in [0, 0.05) is 35.6 Å². The van der Waals surface area contributed by atoms with Gasteiger partial charge in [-0.3, -0.25) is 9.79 Å². The van der Waals surface area contributed by atoms with Gasteiger partial charge >= 0.3 is 5.97 Å². The maximum atomic E-state index is 12.6. The van der Waals surface area contributed by atoms with Crippen LogP contribution in [0.5, 0.6) is 0 Å². The van der Waals surface area contributed by atoms with Crippen LogP contribution in [0.1, 0.15) is 51.7 Å². The number of aliphatic imine (C=N–C) groups is 1. The van der Waals surface area contributed by atoms with Crippen molar-refractivity contribution < 1.29 is 14.7 Å². The molecule has 0 bridgehead atoms. The SMILES string of the molecule is CC(c1ccc(C(=O)N[C@@H](CCCN=C(N)N)C(=O)O)s1)C1CNc2nc(N)ncc21. The Labute approximate surface area is 183 Å². The predicted molar refractivity (Wildman–Crippen MR) is 119 cm³/mol. The Morgan fingerprint density at radius 1 is 1.42 bits per heavy atom. The van der Waals surface area contributed by atoms with Gasteiger partial charge in [0.2, 0.25) is 5.95 Å².